The van der Waals surface area contributed by atoms with E-state index in [9.17, 15) is 14.4 Å². The Morgan fingerprint density at radius 2 is 1.84 bits per heavy atom. The minimum atomic E-state index is -0.552. The molecule has 4 rings (SSSR count). The maximum absolute atomic E-state index is 13.0. The minimum absolute atomic E-state index is 0.0202. The first-order chi connectivity index (χ1) is 14.8. The van der Waals surface area contributed by atoms with Gasteiger partial charge in [-0.2, -0.15) is 5.26 Å². The highest BCUT2D eigenvalue weighted by molar-refractivity contribution is 6.00. The second kappa shape index (κ2) is 7.92. The Balaban J connectivity index is 1.61. The van der Waals surface area contributed by atoms with Gasteiger partial charge in [-0.05, 0) is 40.8 Å². The van der Waals surface area contributed by atoms with Crippen LogP contribution < -0.4 is 10.5 Å². The largest absolute Gasteiger partial charge is 0.489 e. The van der Waals surface area contributed by atoms with Gasteiger partial charge in [0.1, 0.15) is 35.6 Å². The first-order valence-corrected chi connectivity index (χ1v) is 10.1. The molecular formula is C25H23FN2O3. The molecule has 1 heterocycles. The number of halogens is 1. The van der Waals surface area contributed by atoms with Crippen LogP contribution in [0.15, 0.2) is 71.3 Å². The van der Waals surface area contributed by atoms with Crippen LogP contribution in [0.25, 0.3) is 0 Å². The number of nitrogens with two attached hydrogens (primary N) is 1. The lowest BCUT2D eigenvalue weighted by atomic mass is 9.70. The average Bonchev–Trinajstić information content (AvgIpc) is 2.72. The molecule has 1 atom stereocenters. The van der Waals surface area contributed by atoms with Crippen LogP contribution in [0.2, 0.25) is 0 Å². The molecule has 0 spiro atoms. The van der Waals surface area contributed by atoms with Gasteiger partial charge in [-0.15, -0.1) is 0 Å². The Morgan fingerprint density at radius 1 is 1.16 bits per heavy atom. The van der Waals surface area contributed by atoms with Crippen molar-refractivity contribution >= 4 is 5.78 Å². The van der Waals surface area contributed by atoms with Gasteiger partial charge in [-0.3, -0.25) is 4.79 Å². The van der Waals surface area contributed by atoms with Crippen molar-refractivity contribution in [2.75, 3.05) is 0 Å². The van der Waals surface area contributed by atoms with Gasteiger partial charge >= 0.3 is 0 Å². The van der Waals surface area contributed by atoms with E-state index < -0.39 is 5.92 Å². The van der Waals surface area contributed by atoms with Gasteiger partial charge in [-0.25, -0.2) is 4.39 Å². The van der Waals surface area contributed by atoms with Crippen LogP contribution in [0, 0.1) is 22.6 Å². The van der Waals surface area contributed by atoms with Crippen LogP contribution >= 0.6 is 0 Å². The van der Waals surface area contributed by atoms with Gasteiger partial charge in [0.25, 0.3) is 0 Å². The number of hydrogen-bond acceptors (Lipinski definition) is 5. The lowest BCUT2D eigenvalue weighted by Crippen LogP contribution is -2.33. The molecule has 0 amide bonds. The lowest BCUT2D eigenvalue weighted by Gasteiger charge is -2.37. The normalized spacial score (nSPS) is 20.1. The van der Waals surface area contributed by atoms with E-state index in [1.807, 2.05) is 26.0 Å². The molecule has 0 fully saturated rings. The van der Waals surface area contributed by atoms with E-state index in [1.165, 1.54) is 12.1 Å². The molecule has 0 radical (unpaired) electrons. The number of ether oxygens (including phenoxy) is 2. The zero-order valence-corrected chi connectivity index (χ0v) is 17.4. The summed E-state index contributed by atoms with van der Waals surface area (Å²) in [7, 11) is 0. The van der Waals surface area contributed by atoms with Gasteiger partial charge in [0.05, 0.1) is 5.92 Å². The van der Waals surface area contributed by atoms with Crippen molar-refractivity contribution in [1.29, 1.82) is 5.26 Å². The van der Waals surface area contributed by atoms with Gasteiger partial charge in [0.15, 0.2) is 5.78 Å². The highest BCUT2D eigenvalue weighted by atomic mass is 19.1. The predicted molar refractivity (Wildman–Crippen MR) is 113 cm³/mol. The molecule has 158 valence electrons. The van der Waals surface area contributed by atoms with E-state index in [-0.39, 0.29) is 28.5 Å². The fourth-order valence-corrected chi connectivity index (χ4v) is 4.12. The zero-order chi connectivity index (χ0) is 22.2. The van der Waals surface area contributed by atoms with E-state index in [1.54, 1.807) is 24.3 Å². The fraction of sp³-hybridized carbons (Fsp3) is 0.280. The molecule has 2 aromatic rings. The molecular weight excluding hydrogens is 395 g/mol. The minimum Gasteiger partial charge on any atom is -0.489 e. The van der Waals surface area contributed by atoms with Crippen LogP contribution in [0.5, 0.6) is 5.75 Å². The molecule has 6 heteroatoms. The van der Waals surface area contributed by atoms with E-state index in [0.717, 1.165) is 11.1 Å². The highest BCUT2D eigenvalue weighted by Crippen LogP contribution is 2.47. The van der Waals surface area contributed by atoms with Crippen LogP contribution in [0.4, 0.5) is 4.39 Å². The second-order valence-corrected chi connectivity index (χ2v) is 8.69. The molecule has 1 aliphatic carbocycles. The average molecular weight is 418 g/mol. The second-order valence-electron chi connectivity index (χ2n) is 8.69. The Morgan fingerprint density at radius 3 is 2.48 bits per heavy atom. The van der Waals surface area contributed by atoms with Crippen molar-refractivity contribution in [3.63, 3.8) is 0 Å². The smallest absolute Gasteiger partial charge is 0.205 e. The van der Waals surface area contributed by atoms with Crippen LogP contribution in [-0.4, -0.2) is 5.78 Å². The summed E-state index contributed by atoms with van der Waals surface area (Å²) in [5.74, 6) is 0.366. The molecule has 0 bridgehead atoms. The van der Waals surface area contributed by atoms with Crippen molar-refractivity contribution in [2.24, 2.45) is 11.1 Å². The molecule has 1 unspecified atom stereocenters. The van der Waals surface area contributed by atoms with Crippen molar-refractivity contribution in [3.05, 3.63) is 88.3 Å². The number of benzene rings is 2. The Bertz CT molecular complexity index is 1120. The predicted octanol–water partition coefficient (Wildman–Crippen LogP) is 4.86. The summed E-state index contributed by atoms with van der Waals surface area (Å²) in [6, 6.07) is 15.5. The van der Waals surface area contributed by atoms with E-state index in [2.05, 4.69) is 6.07 Å². The third-order valence-electron chi connectivity index (χ3n) is 5.61. The number of allylic oxidation sites excluding steroid dienone is 3. The van der Waals surface area contributed by atoms with Gasteiger partial charge in [-0.1, -0.05) is 38.1 Å². The van der Waals surface area contributed by atoms with E-state index in [4.69, 9.17) is 15.2 Å². The molecule has 1 aliphatic heterocycles. The van der Waals surface area contributed by atoms with Crippen LogP contribution in [0.1, 0.15) is 43.7 Å². The number of nitriles is 1. The maximum atomic E-state index is 13.0. The molecule has 2 aliphatic rings. The third-order valence-corrected chi connectivity index (χ3v) is 5.61. The van der Waals surface area contributed by atoms with Gasteiger partial charge in [0.2, 0.25) is 5.88 Å². The first-order valence-electron chi connectivity index (χ1n) is 10.1. The molecule has 2 aromatic carbocycles. The van der Waals surface area contributed by atoms with Crippen molar-refractivity contribution < 1.29 is 18.7 Å². The number of hydrogen-bond donors (Lipinski definition) is 1. The summed E-state index contributed by atoms with van der Waals surface area (Å²) in [6.07, 6.45) is 0.978. The van der Waals surface area contributed by atoms with E-state index >= 15 is 0 Å². The Hall–Kier alpha value is -3.59. The molecule has 31 heavy (non-hydrogen) atoms. The van der Waals surface area contributed by atoms with Crippen molar-refractivity contribution in [3.8, 4) is 11.8 Å². The highest BCUT2D eigenvalue weighted by Gasteiger charge is 2.42. The molecule has 0 saturated heterocycles. The zero-order valence-electron chi connectivity index (χ0n) is 17.4. The number of ketones is 1. The fourth-order valence-electron chi connectivity index (χ4n) is 4.12. The van der Waals surface area contributed by atoms with Gasteiger partial charge < -0.3 is 15.2 Å². The summed E-state index contributed by atoms with van der Waals surface area (Å²) < 4.78 is 24.5. The van der Waals surface area contributed by atoms with Crippen LogP contribution in [0.3, 0.4) is 0 Å². The Kier molecular flexibility index (Phi) is 5.28. The van der Waals surface area contributed by atoms with E-state index in [0.29, 0.717) is 36.5 Å². The third kappa shape index (κ3) is 4.17. The maximum Gasteiger partial charge on any atom is 0.205 e. The summed E-state index contributed by atoms with van der Waals surface area (Å²) in [6.45, 7) is 4.33. The summed E-state index contributed by atoms with van der Waals surface area (Å²) >= 11 is 0. The summed E-state index contributed by atoms with van der Waals surface area (Å²) in [5, 5.41) is 9.70. The molecule has 2 N–H and O–H groups in total. The molecule has 0 saturated carbocycles. The summed E-state index contributed by atoms with van der Waals surface area (Å²) in [5.41, 5.74) is 8.22. The Labute approximate surface area is 180 Å². The van der Waals surface area contributed by atoms with Crippen molar-refractivity contribution in [1.82, 2.24) is 0 Å². The lowest BCUT2D eigenvalue weighted by molar-refractivity contribution is -0.119. The number of carbonyl (C=O) groups excluding carboxylic acids is 1. The van der Waals surface area contributed by atoms with Crippen molar-refractivity contribution in [2.45, 2.75) is 39.2 Å². The standard InChI is InChI=1S/C25H23FN2O3/c1-25(2)11-20(29)23-21(12-25)31-24(28)19(13-27)22(23)16-5-9-18(10-6-16)30-14-15-3-7-17(26)8-4-15/h3-10,22H,11-12,14,28H2,1-2H3. The van der Waals surface area contributed by atoms with Crippen LogP contribution in [-0.2, 0) is 16.1 Å². The first kappa shape index (κ1) is 20.7. The number of Topliss-reactive ketones (excluding diaryl/α,β-unsaturated/α-hetero) is 1. The van der Waals surface area contributed by atoms with Gasteiger partial charge in [0, 0.05) is 18.4 Å². The summed E-state index contributed by atoms with van der Waals surface area (Å²) in [4.78, 5) is 13.0. The molecule has 5 nitrogen and oxygen atoms in total. The molecule has 0 aromatic heterocycles. The number of rotatable bonds is 4. The monoisotopic (exact) mass is 418 g/mol. The topological polar surface area (TPSA) is 85.3 Å². The quantitative estimate of drug-likeness (QED) is 0.767. The number of carbonyl (C=O) groups is 1. The number of nitrogens with zero attached hydrogens (tertiary/aromatic N) is 1. The SMILES string of the molecule is CC1(C)CC(=O)C2=C(C1)OC(N)=C(C#N)C2c1ccc(OCc2ccc(F)cc2)cc1.